The van der Waals surface area contributed by atoms with Crippen LogP contribution < -0.4 is 5.32 Å². The van der Waals surface area contributed by atoms with Crippen molar-refractivity contribution in [2.75, 3.05) is 11.9 Å². The topological polar surface area (TPSA) is 90.3 Å². The van der Waals surface area contributed by atoms with Crippen LogP contribution in [0, 0.1) is 11.3 Å². The van der Waals surface area contributed by atoms with Gasteiger partial charge in [0.15, 0.2) is 0 Å². The van der Waals surface area contributed by atoms with Gasteiger partial charge in [-0.1, -0.05) is 23.7 Å². The van der Waals surface area contributed by atoms with E-state index in [0.717, 1.165) is 4.90 Å². The fraction of sp³-hybridized carbons (Fsp3) is 0.158. The largest absolute Gasteiger partial charge is 0.326 e. The van der Waals surface area contributed by atoms with E-state index in [1.54, 1.807) is 30.3 Å². The van der Waals surface area contributed by atoms with Gasteiger partial charge in [-0.3, -0.25) is 19.3 Å². The van der Waals surface area contributed by atoms with Crippen molar-refractivity contribution in [2.24, 2.45) is 0 Å². The van der Waals surface area contributed by atoms with Crippen molar-refractivity contribution in [2.45, 2.75) is 12.8 Å². The van der Waals surface area contributed by atoms with Gasteiger partial charge in [-0.2, -0.15) is 5.26 Å². The van der Waals surface area contributed by atoms with Crippen molar-refractivity contribution in [3.05, 3.63) is 64.2 Å². The SMILES string of the molecule is N#Cc1ccc(NC(=O)CCCN2C(=O)c3ccccc3C2=O)cc1Cl. The number of anilines is 1. The van der Waals surface area contributed by atoms with Gasteiger partial charge in [0.1, 0.15) is 6.07 Å². The number of carbonyl (C=O) groups is 3. The summed E-state index contributed by atoms with van der Waals surface area (Å²) >= 11 is 5.92. The van der Waals surface area contributed by atoms with Crippen LogP contribution in [0.4, 0.5) is 5.69 Å². The molecule has 26 heavy (non-hydrogen) atoms. The molecule has 0 aliphatic carbocycles. The summed E-state index contributed by atoms with van der Waals surface area (Å²) in [6, 6.07) is 13.2. The van der Waals surface area contributed by atoms with Crippen LogP contribution >= 0.6 is 11.6 Å². The van der Waals surface area contributed by atoms with Crippen molar-refractivity contribution in [1.82, 2.24) is 4.90 Å². The minimum Gasteiger partial charge on any atom is -0.326 e. The Bertz CT molecular complexity index is 914. The molecule has 2 aromatic rings. The lowest BCUT2D eigenvalue weighted by molar-refractivity contribution is -0.116. The van der Waals surface area contributed by atoms with E-state index in [0.29, 0.717) is 28.8 Å². The molecule has 0 saturated carbocycles. The highest BCUT2D eigenvalue weighted by Crippen LogP contribution is 2.23. The molecule has 3 amide bonds. The molecule has 130 valence electrons. The number of nitriles is 1. The van der Waals surface area contributed by atoms with E-state index in [4.69, 9.17) is 16.9 Å². The number of imide groups is 1. The Morgan fingerprint density at radius 3 is 2.35 bits per heavy atom. The van der Waals surface area contributed by atoms with Gasteiger partial charge >= 0.3 is 0 Å². The molecule has 7 heteroatoms. The van der Waals surface area contributed by atoms with Gasteiger partial charge in [-0.25, -0.2) is 0 Å². The van der Waals surface area contributed by atoms with Gasteiger partial charge in [0, 0.05) is 18.7 Å². The van der Waals surface area contributed by atoms with Gasteiger partial charge in [0.25, 0.3) is 11.8 Å². The molecule has 2 aromatic carbocycles. The van der Waals surface area contributed by atoms with Crippen LogP contribution in [0.25, 0.3) is 0 Å². The van der Waals surface area contributed by atoms with Gasteiger partial charge in [-0.15, -0.1) is 0 Å². The molecule has 0 bridgehead atoms. The summed E-state index contributed by atoms with van der Waals surface area (Å²) in [6.45, 7) is 0.174. The number of benzene rings is 2. The number of nitrogens with zero attached hydrogens (tertiary/aromatic N) is 2. The first kappa shape index (κ1) is 17.6. The molecular formula is C19H14ClN3O3. The predicted octanol–water partition coefficient (Wildman–Crippen LogP) is 3.23. The summed E-state index contributed by atoms with van der Waals surface area (Å²) in [5, 5.41) is 11.8. The molecule has 0 unspecified atom stereocenters. The number of nitrogens with one attached hydrogen (secondary N) is 1. The number of hydrogen-bond donors (Lipinski definition) is 1. The molecule has 0 saturated heterocycles. The first-order valence-corrected chi connectivity index (χ1v) is 8.34. The van der Waals surface area contributed by atoms with E-state index in [1.807, 2.05) is 6.07 Å². The molecule has 0 atom stereocenters. The van der Waals surface area contributed by atoms with Crippen LogP contribution in [-0.2, 0) is 4.79 Å². The standard InChI is InChI=1S/C19H14ClN3O3/c20-16-10-13(8-7-12(16)11-21)22-17(24)6-3-9-23-18(25)14-4-1-2-5-15(14)19(23)26/h1-2,4-5,7-8,10H,3,6,9H2,(H,22,24). The highest BCUT2D eigenvalue weighted by molar-refractivity contribution is 6.32. The fourth-order valence-electron chi connectivity index (χ4n) is 2.75. The van der Waals surface area contributed by atoms with Crippen molar-refractivity contribution < 1.29 is 14.4 Å². The smallest absolute Gasteiger partial charge is 0.261 e. The van der Waals surface area contributed by atoms with E-state index in [9.17, 15) is 14.4 Å². The van der Waals surface area contributed by atoms with Gasteiger partial charge in [0.2, 0.25) is 5.91 Å². The fourth-order valence-corrected chi connectivity index (χ4v) is 2.97. The van der Waals surface area contributed by atoms with E-state index in [-0.39, 0.29) is 35.7 Å². The second-order valence-electron chi connectivity index (χ2n) is 5.77. The van der Waals surface area contributed by atoms with E-state index < -0.39 is 0 Å². The third kappa shape index (κ3) is 3.44. The molecule has 1 aliphatic rings. The molecule has 1 aliphatic heterocycles. The molecule has 0 spiro atoms. The van der Waals surface area contributed by atoms with E-state index >= 15 is 0 Å². The molecule has 0 fully saturated rings. The Labute approximate surface area is 155 Å². The Kier molecular flexibility index (Phi) is 5.01. The minimum atomic E-state index is -0.329. The second-order valence-corrected chi connectivity index (χ2v) is 6.17. The summed E-state index contributed by atoms with van der Waals surface area (Å²) in [7, 11) is 0. The monoisotopic (exact) mass is 367 g/mol. The van der Waals surface area contributed by atoms with Crippen LogP contribution in [0.1, 0.15) is 39.1 Å². The van der Waals surface area contributed by atoms with Crippen LogP contribution in [0.2, 0.25) is 5.02 Å². The summed E-state index contributed by atoms with van der Waals surface area (Å²) < 4.78 is 0. The van der Waals surface area contributed by atoms with Crippen LogP contribution in [0.15, 0.2) is 42.5 Å². The number of amides is 3. The maximum atomic E-state index is 12.2. The first-order chi connectivity index (χ1) is 12.5. The lowest BCUT2D eigenvalue weighted by Gasteiger charge is -2.13. The van der Waals surface area contributed by atoms with E-state index in [1.165, 1.54) is 12.1 Å². The summed E-state index contributed by atoms with van der Waals surface area (Å²) in [5.74, 6) is -0.919. The second kappa shape index (κ2) is 7.38. The molecular weight excluding hydrogens is 354 g/mol. The third-order valence-electron chi connectivity index (χ3n) is 4.04. The molecule has 0 radical (unpaired) electrons. The highest BCUT2D eigenvalue weighted by Gasteiger charge is 2.34. The van der Waals surface area contributed by atoms with Crippen molar-refractivity contribution in [3.8, 4) is 6.07 Å². The maximum absolute atomic E-state index is 12.2. The Hall–Kier alpha value is -3.17. The van der Waals surface area contributed by atoms with Crippen molar-refractivity contribution >= 4 is 35.0 Å². The summed E-state index contributed by atoms with van der Waals surface area (Å²) in [6.07, 6.45) is 0.492. The Balaban J connectivity index is 1.53. The first-order valence-electron chi connectivity index (χ1n) is 7.96. The number of hydrogen-bond acceptors (Lipinski definition) is 4. The third-order valence-corrected chi connectivity index (χ3v) is 4.35. The number of carbonyl (C=O) groups excluding carboxylic acids is 3. The van der Waals surface area contributed by atoms with Crippen molar-refractivity contribution in [3.63, 3.8) is 0 Å². The van der Waals surface area contributed by atoms with Crippen molar-refractivity contribution in [1.29, 1.82) is 5.26 Å². The zero-order valence-electron chi connectivity index (χ0n) is 13.7. The zero-order valence-corrected chi connectivity index (χ0v) is 14.4. The summed E-state index contributed by atoms with van der Waals surface area (Å²) in [5.41, 5.74) is 1.61. The molecule has 6 nitrogen and oxygen atoms in total. The minimum absolute atomic E-state index is 0.144. The molecule has 1 heterocycles. The number of rotatable bonds is 5. The predicted molar refractivity (Wildman–Crippen MR) is 95.8 cm³/mol. The van der Waals surface area contributed by atoms with Crippen LogP contribution in [0.5, 0.6) is 0 Å². The number of halogens is 1. The maximum Gasteiger partial charge on any atom is 0.261 e. The molecule has 1 N–H and O–H groups in total. The van der Waals surface area contributed by atoms with Gasteiger partial charge in [0.05, 0.1) is 21.7 Å². The van der Waals surface area contributed by atoms with E-state index in [2.05, 4.69) is 5.32 Å². The highest BCUT2D eigenvalue weighted by atomic mass is 35.5. The Morgan fingerprint density at radius 2 is 1.77 bits per heavy atom. The molecule has 0 aromatic heterocycles. The Morgan fingerprint density at radius 1 is 1.12 bits per heavy atom. The van der Waals surface area contributed by atoms with Crippen LogP contribution in [0.3, 0.4) is 0 Å². The van der Waals surface area contributed by atoms with Crippen LogP contribution in [-0.4, -0.2) is 29.2 Å². The lowest BCUT2D eigenvalue weighted by Crippen LogP contribution is -2.31. The molecule has 3 rings (SSSR count). The summed E-state index contributed by atoms with van der Waals surface area (Å²) in [4.78, 5) is 37.7. The normalized spacial score (nSPS) is 12.7. The van der Waals surface area contributed by atoms with Gasteiger partial charge < -0.3 is 5.32 Å². The average molecular weight is 368 g/mol. The number of fused-ring (bicyclic) bond motifs is 1. The average Bonchev–Trinajstić information content (AvgIpc) is 2.87. The quantitative estimate of drug-likeness (QED) is 0.821. The van der Waals surface area contributed by atoms with Gasteiger partial charge in [-0.05, 0) is 36.8 Å². The zero-order chi connectivity index (χ0) is 18.7. The lowest BCUT2D eigenvalue weighted by atomic mass is 10.1.